The number of rotatable bonds is 7. The maximum Gasteiger partial charge on any atom is 0.329 e. The molecule has 0 unspecified atom stereocenters. The van der Waals surface area contributed by atoms with Gasteiger partial charge >= 0.3 is 5.69 Å². The molecule has 0 spiro atoms. The Morgan fingerprint density at radius 2 is 1.90 bits per heavy atom. The fraction of sp³-hybridized carbons (Fsp3) is 0.348. The number of fused-ring (bicyclic) bond motifs is 1. The molecule has 1 amide bonds. The summed E-state index contributed by atoms with van der Waals surface area (Å²) in [7, 11) is 1.64. The van der Waals surface area contributed by atoms with Crippen LogP contribution in [0.3, 0.4) is 0 Å². The van der Waals surface area contributed by atoms with E-state index in [4.69, 9.17) is 4.74 Å². The van der Waals surface area contributed by atoms with Gasteiger partial charge < -0.3 is 10.1 Å². The first-order valence-electron chi connectivity index (χ1n) is 10.4. The molecular formula is C23H26N4O4. The van der Waals surface area contributed by atoms with Gasteiger partial charge in [-0.15, -0.1) is 0 Å². The number of amides is 1. The lowest BCUT2D eigenvalue weighted by Gasteiger charge is -2.28. The predicted octanol–water partition coefficient (Wildman–Crippen LogP) is 1.65. The van der Waals surface area contributed by atoms with Crippen LogP contribution in [0.4, 0.5) is 0 Å². The van der Waals surface area contributed by atoms with Gasteiger partial charge in [-0.05, 0) is 55.8 Å². The zero-order valence-corrected chi connectivity index (χ0v) is 17.5. The topological polar surface area (TPSA) is 96.4 Å². The predicted molar refractivity (Wildman–Crippen MR) is 118 cm³/mol. The van der Waals surface area contributed by atoms with Crippen molar-refractivity contribution in [3.05, 3.63) is 74.9 Å². The first-order chi connectivity index (χ1) is 15.1. The molecule has 1 saturated heterocycles. The van der Waals surface area contributed by atoms with Crippen LogP contribution in [0.25, 0.3) is 10.9 Å². The van der Waals surface area contributed by atoms with Gasteiger partial charge in [-0.1, -0.05) is 24.3 Å². The maximum atomic E-state index is 12.8. The van der Waals surface area contributed by atoms with E-state index in [0.29, 0.717) is 17.4 Å². The number of carbonyl (C=O) groups is 1. The Balaban J connectivity index is 1.53. The van der Waals surface area contributed by atoms with Crippen LogP contribution in [0, 0.1) is 0 Å². The number of aromatic amines is 1. The fourth-order valence-electron chi connectivity index (χ4n) is 4.17. The average Bonchev–Trinajstić information content (AvgIpc) is 3.31. The Morgan fingerprint density at radius 1 is 1.13 bits per heavy atom. The number of nitrogens with zero attached hydrogens (tertiary/aromatic N) is 2. The molecule has 3 aromatic rings. The third-order valence-electron chi connectivity index (χ3n) is 5.76. The van der Waals surface area contributed by atoms with Crippen molar-refractivity contribution >= 4 is 16.8 Å². The molecule has 1 atom stereocenters. The summed E-state index contributed by atoms with van der Waals surface area (Å²) in [5, 5.41) is 3.35. The fourth-order valence-corrected chi connectivity index (χ4v) is 4.17. The number of H-pyrrole nitrogens is 1. The van der Waals surface area contributed by atoms with Gasteiger partial charge in [-0.25, -0.2) is 4.79 Å². The van der Waals surface area contributed by atoms with Crippen LogP contribution in [0.1, 0.15) is 24.4 Å². The number of aromatic nitrogens is 2. The number of carbonyl (C=O) groups excluding carboxylic acids is 1. The molecule has 1 aliphatic heterocycles. The van der Waals surface area contributed by atoms with Crippen molar-refractivity contribution < 1.29 is 9.53 Å². The van der Waals surface area contributed by atoms with E-state index in [1.54, 1.807) is 31.4 Å². The van der Waals surface area contributed by atoms with Crippen molar-refractivity contribution in [2.75, 3.05) is 26.7 Å². The van der Waals surface area contributed by atoms with Gasteiger partial charge in [0.2, 0.25) is 5.91 Å². The monoisotopic (exact) mass is 422 g/mol. The third-order valence-corrected chi connectivity index (χ3v) is 5.76. The van der Waals surface area contributed by atoms with Gasteiger partial charge in [0.1, 0.15) is 12.3 Å². The van der Waals surface area contributed by atoms with E-state index >= 15 is 0 Å². The van der Waals surface area contributed by atoms with E-state index in [-0.39, 0.29) is 18.5 Å². The van der Waals surface area contributed by atoms with Crippen molar-refractivity contribution in [2.24, 2.45) is 0 Å². The minimum Gasteiger partial charge on any atom is -0.497 e. The smallest absolute Gasteiger partial charge is 0.329 e. The highest BCUT2D eigenvalue weighted by Gasteiger charge is 2.24. The Bertz CT molecular complexity index is 1190. The third kappa shape index (κ3) is 4.54. The number of nitrogens with one attached hydrogen (secondary N) is 2. The van der Waals surface area contributed by atoms with E-state index < -0.39 is 11.2 Å². The summed E-state index contributed by atoms with van der Waals surface area (Å²) in [5.74, 6) is 0.491. The Hall–Kier alpha value is -3.39. The zero-order chi connectivity index (χ0) is 21.8. The van der Waals surface area contributed by atoms with E-state index in [0.717, 1.165) is 37.2 Å². The maximum absolute atomic E-state index is 12.8. The van der Waals surface area contributed by atoms with E-state index in [2.05, 4.69) is 15.2 Å². The van der Waals surface area contributed by atoms with E-state index in [1.165, 1.54) is 4.57 Å². The minimum absolute atomic E-state index is 0.0191. The second kappa shape index (κ2) is 9.18. The minimum atomic E-state index is -0.595. The highest BCUT2D eigenvalue weighted by atomic mass is 16.5. The molecule has 8 heteroatoms. The summed E-state index contributed by atoms with van der Waals surface area (Å²) in [6.07, 6.45) is 2.26. The van der Waals surface area contributed by atoms with Crippen molar-refractivity contribution in [3.63, 3.8) is 0 Å². The first-order valence-corrected chi connectivity index (χ1v) is 10.4. The number of likely N-dealkylation sites (tertiary alicyclic amines) is 1. The van der Waals surface area contributed by atoms with Crippen LogP contribution in [0.2, 0.25) is 0 Å². The normalized spacial score (nSPS) is 15.1. The number of ether oxygens (including phenoxy) is 1. The lowest BCUT2D eigenvalue weighted by Crippen LogP contribution is -2.40. The van der Waals surface area contributed by atoms with Gasteiger partial charge in [0.05, 0.1) is 24.1 Å². The van der Waals surface area contributed by atoms with Gasteiger partial charge in [-0.3, -0.25) is 24.0 Å². The summed E-state index contributed by atoms with van der Waals surface area (Å²) in [6.45, 7) is 2.20. The molecule has 1 aliphatic rings. The molecule has 8 nitrogen and oxygen atoms in total. The molecule has 162 valence electrons. The van der Waals surface area contributed by atoms with Crippen LogP contribution >= 0.6 is 0 Å². The molecule has 2 N–H and O–H groups in total. The largest absolute Gasteiger partial charge is 0.497 e. The number of hydrogen-bond donors (Lipinski definition) is 2. The quantitative estimate of drug-likeness (QED) is 0.604. The Labute approximate surface area is 179 Å². The Morgan fingerprint density at radius 3 is 2.68 bits per heavy atom. The van der Waals surface area contributed by atoms with Gasteiger partial charge in [-0.2, -0.15) is 0 Å². The first kappa shape index (κ1) is 20.9. The summed E-state index contributed by atoms with van der Waals surface area (Å²) < 4.78 is 6.66. The molecule has 2 heterocycles. The highest BCUT2D eigenvalue weighted by molar-refractivity contribution is 5.81. The lowest BCUT2D eigenvalue weighted by molar-refractivity contribution is -0.121. The van der Waals surface area contributed by atoms with Crippen LogP contribution in [-0.2, 0) is 11.3 Å². The standard InChI is InChI=1S/C23H26N4O4/c1-31-17-8-6-7-16(13-17)20(26-11-4-5-12-26)14-24-21(28)15-27-19-10-3-2-9-18(19)22(29)25-23(27)30/h2-3,6-10,13,20H,4-5,11-12,14-15H2,1H3,(H,24,28)(H,25,29,30)/t20-/m0/s1. The second-order valence-corrected chi connectivity index (χ2v) is 7.70. The molecule has 0 bridgehead atoms. The molecular weight excluding hydrogens is 396 g/mol. The van der Waals surface area contributed by atoms with Gasteiger partial charge in [0, 0.05) is 6.54 Å². The van der Waals surface area contributed by atoms with Crippen LogP contribution < -0.4 is 21.3 Å². The van der Waals surface area contributed by atoms with Crippen molar-refractivity contribution in [2.45, 2.75) is 25.4 Å². The SMILES string of the molecule is COc1cccc([C@H](CNC(=O)Cn2c(=O)[nH]c(=O)c3ccccc32)N2CCCC2)c1. The molecule has 2 aromatic carbocycles. The van der Waals surface area contributed by atoms with Gasteiger partial charge in [0.25, 0.3) is 5.56 Å². The van der Waals surface area contributed by atoms with Crippen LogP contribution in [0.5, 0.6) is 5.75 Å². The summed E-state index contributed by atoms with van der Waals surface area (Å²) in [4.78, 5) is 41.8. The number of methoxy groups -OCH3 is 1. The summed E-state index contributed by atoms with van der Waals surface area (Å²) in [6, 6.07) is 14.7. The number of hydrogen-bond acceptors (Lipinski definition) is 5. The zero-order valence-electron chi connectivity index (χ0n) is 17.5. The molecule has 4 rings (SSSR count). The average molecular weight is 422 g/mol. The summed E-state index contributed by atoms with van der Waals surface area (Å²) in [5.41, 5.74) is 0.468. The molecule has 31 heavy (non-hydrogen) atoms. The molecule has 0 saturated carbocycles. The molecule has 0 aliphatic carbocycles. The van der Waals surface area contributed by atoms with Crippen molar-refractivity contribution in [3.8, 4) is 5.75 Å². The molecule has 1 fully saturated rings. The lowest BCUT2D eigenvalue weighted by atomic mass is 10.0. The molecule has 0 radical (unpaired) electrons. The highest BCUT2D eigenvalue weighted by Crippen LogP contribution is 2.27. The van der Waals surface area contributed by atoms with E-state index in [1.807, 2.05) is 24.3 Å². The summed E-state index contributed by atoms with van der Waals surface area (Å²) >= 11 is 0. The Kier molecular flexibility index (Phi) is 6.18. The second-order valence-electron chi connectivity index (χ2n) is 7.70. The number of para-hydroxylation sites is 1. The molecule has 1 aromatic heterocycles. The van der Waals surface area contributed by atoms with Gasteiger partial charge in [0.15, 0.2) is 0 Å². The van der Waals surface area contributed by atoms with Crippen LogP contribution in [-0.4, -0.2) is 47.1 Å². The van der Waals surface area contributed by atoms with Crippen molar-refractivity contribution in [1.29, 1.82) is 0 Å². The van der Waals surface area contributed by atoms with E-state index in [9.17, 15) is 14.4 Å². The number of benzene rings is 2. The van der Waals surface area contributed by atoms with Crippen LogP contribution in [0.15, 0.2) is 58.1 Å². The van der Waals surface area contributed by atoms with Crippen molar-refractivity contribution in [1.82, 2.24) is 19.8 Å².